The van der Waals surface area contributed by atoms with Crippen LogP contribution in [0, 0.1) is 5.92 Å². The topological polar surface area (TPSA) is 46.5 Å². The Morgan fingerprint density at radius 1 is 1.56 bits per heavy atom. The van der Waals surface area contributed by atoms with Gasteiger partial charge >= 0.3 is 5.97 Å². The first-order chi connectivity index (χ1) is 8.65. The number of esters is 1. The third-order valence-electron chi connectivity index (χ3n) is 3.53. The molecule has 0 heterocycles. The number of carbonyl (C=O) groups is 1. The largest absolute Gasteiger partial charge is 0.508 e. The molecule has 0 aromatic heterocycles. The van der Waals surface area contributed by atoms with E-state index in [4.69, 9.17) is 4.74 Å². The second-order valence-electron chi connectivity index (χ2n) is 4.71. The Bertz CT molecular complexity index is 477. The summed E-state index contributed by atoms with van der Waals surface area (Å²) in [5, 5.41) is 9.92. The highest BCUT2D eigenvalue weighted by Gasteiger charge is 2.26. The molecule has 2 rings (SSSR count). The molecule has 1 unspecified atom stereocenters. The van der Waals surface area contributed by atoms with Gasteiger partial charge < -0.3 is 9.84 Å². The highest BCUT2D eigenvalue weighted by molar-refractivity contribution is 5.73. The van der Waals surface area contributed by atoms with Gasteiger partial charge in [-0.25, -0.2) is 0 Å². The molecule has 96 valence electrons. The minimum atomic E-state index is -0.157. The minimum Gasteiger partial charge on any atom is -0.508 e. The highest BCUT2D eigenvalue weighted by atomic mass is 16.5. The van der Waals surface area contributed by atoms with Crippen LogP contribution in [-0.4, -0.2) is 18.2 Å². The van der Waals surface area contributed by atoms with E-state index in [1.54, 1.807) is 12.1 Å². The first-order valence-corrected chi connectivity index (χ1v) is 6.18. The summed E-state index contributed by atoms with van der Waals surface area (Å²) < 4.78 is 4.78. The predicted molar refractivity (Wildman–Crippen MR) is 69.5 cm³/mol. The third-order valence-corrected chi connectivity index (χ3v) is 3.53. The van der Waals surface area contributed by atoms with E-state index in [1.165, 1.54) is 12.7 Å². The number of phenolic OH excluding ortho intramolecular Hbond substituents is 1. The van der Waals surface area contributed by atoms with Gasteiger partial charge in [0, 0.05) is 0 Å². The zero-order valence-electron chi connectivity index (χ0n) is 10.6. The molecule has 3 heteroatoms. The second-order valence-corrected chi connectivity index (χ2v) is 4.71. The van der Waals surface area contributed by atoms with Crippen LogP contribution in [0.25, 0.3) is 0 Å². The average molecular weight is 246 g/mol. The first kappa shape index (κ1) is 12.7. The summed E-state index contributed by atoms with van der Waals surface area (Å²) >= 11 is 0. The van der Waals surface area contributed by atoms with Crippen LogP contribution in [0.5, 0.6) is 5.75 Å². The summed E-state index contributed by atoms with van der Waals surface area (Å²) in [5.41, 5.74) is 3.19. The van der Waals surface area contributed by atoms with Gasteiger partial charge in [0.2, 0.25) is 0 Å². The standard InChI is InChI=1S/C15H18O3/c1-3-4-11-7-10-5-6-12(15(17)18-2)8-13(10)9-14(11)16/h3,7,9,12,16H,1,4-6,8H2,2H3. The van der Waals surface area contributed by atoms with Crippen molar-refractivity contribution in [1.82, 2.24) is 0 Å². The summed E-state index contributed by atoms with van der Waals surface area (Å²) in [6.45, 7) is 3.68. The van der Waals surface area contributed by atoms with Crippen LogP contribution in [-0.2, 0) is 28.8 Å². The SMILES string of the molecule is C=CCc1cc2c(cc1O)CC(C(=O)OC)CC2. The molecule has 0 amide bonds. The molecule has 1 aromatic carbocycles. The minimum absolute atomic E-state index is 0.0767. The van der Waals surface area contributed by atoms with E-state index in [0.717, 1.165) is 24.0 Å². The number of hydrogen-bond donors (Lipinski definition) is 1. The van der Waals surface area contributed by atoms with Crippen LogP contribution in [0.2, 0.25) is 0 Å². The molecule has 1 N–H and O–H groups in total. The molecule has 3 nitrogen and oxygen atoms in total. The van der Waals surface area contributed by atoms with Crippen LogP contribution in [0.4, 0.5) is 0 Å². The summed E-state index contributed by atoms with van der Waals surface area (Å²) in [4.78, 5) is 11.5. The predicted octanol–water partition coefficient (Wildman–Crippen LogP) is 2.40. The number of phenols is 1. The zero-order chi connectivity index (χ0) is 13.1. The van der Waals surface area contributed by atoms with Gasteiger partial charge in [0.05, 0.1) is 13.0 Å². The van der Waals surface area contributed by atoms with Crippen LogP contribution in [0.1, 0.15) is 23.1 Å². The van der Waals surface area contributed by atoms with Crippen molar-refractivity contribution in [2.45, 2.75) is 25.7 Å². The Morgan fingerprint density at radius 2 is 2.33 bits per heavy atom. The van der Waals surface area contributed by atoms with Crippen molar-refractivity contribution < 1.29 is 14.6 Å². The highest BCUT2D eigenvalue weighted by Crippen LogP contribution is 2.31. The number of fused-ring (bicyclic) bond motifs is 1. The molecule has 1 aromatic rings. The number of benzene rings is 1. The second kappa shape index (κ2) is 5.25. The molecular weight excluding hydrogens is 228 g/mol. The molecule has 0 spiro atoms. The number of allylic oxidation sites excluding steroid dienone is 1. The Hall–Kier alpha value is -1.77. The molecule has 18 heavy (non-hydrogen) atoms. The third kappa shape index (κ3) is 2.40. The molecule has 0 fully saturated rings. The van der Waals surface area contributed by atoms with Crippen molar-refractivity contribution in [2.24, 2.45) is 5.92 Å². The number of hydrogen-bond acceptors (Lipinski definition) is 3. The molecular formula is C15H18O3. The Kier molecular flexibility index (Phi) is 3.70. The molecule has 0 bridgehead atoms. The van der Waals surface area contributed by atoms with Crippen molar-refractivity contribution in [3.05, 3.63) is 41.5 Å². The maximum atomic E-state index is 11.5. The van der Waals surface area contributed by atoms with Gasteiger partial charge in [0.15, 0.2) is 0 Å². The molecule has 1 atom stereocenters. The van der Waals surface area contributed by atoms with E-state index in [2.05, 4.69) is 6.58 Å². The lowest BCUT2D eigenvalue weighted by Gasteiger charge is -2.23. The lowest BCUT2D eigenvalue weighted by molar-refractivity contribution is -0.145. The number of rotatable bonds is 3. The maximum Gasteiger partial charge on any atom is 0.309 e. The van der Waals surface area contributed by atoms with Gasteiger partial charge in [-0.15, -0.1) is 6.58 Å². The number of aromatic hydroxyl groups is 1. The number of methoxy groups -OCH3 is 1. The van der Waals surface area contributed by atoms with Crippen LogP contribution in [0.15, 0.2) is 24.8 Å². The van der Waals surface area contributed by atoms with Gasteiger partial charge in [-0.2, -0.15) is 0 Å². The van der Waals surface area contributed by atoms with Crippen molar-refractivity contribution in [2.75, 3.05) is 7.11 Å². The summed E-state index contributed by atoms with van der Waals surface area (Å²) in [6.07, 6.45) is 4.78. The van der Waals surface area contributed by atoms with Crippen LogP contribution in [0.3, 0.4) is 0 Å². The van der Waals surface area contributed by atoms with E-state index in [0.29, 0.717) is 18.6 Å². The Balaban J connectivity index is 2.26. The molecule has 0 saturated heterocycles. The van der Waals surface area contributed by atoms with Gasteiger partial charge in [-0.3, -0.25) is 4.79 Å². The molecule has 0 saturated carbocycles. The number of aryl methyl sites for hydroxylation is 1. The quantitative estimate of drug-likeness (QED) is 0.658. The number of ether oxygens (including phenoxy) is 1. The van der Waals surface area contributed by atoms with E-state index < -0.39 is 0 Å². The van der Waals surface area contributed by atoms with Crippen LogP contribution < -0.4 is 0 Å². The average Bonchev–Trinajstić information content (AvgIpc) is 2.38. The van der Waals surface area contributed by atoms with Crippen molar-refractivity contribution >= 4 is 5.97 Å². The number of carbonyl (C=O) groups excluding carboxylic acids is 1. The first-order valence-electron chi connectivity index (χ1n) is 6.18. The van der Waals surface area contributed by atoms with Gasteiger partial charge in [0.1, 0.15) is 5.75 Å². The molecule has 0 radical (unpaired) electrons. The van der Waals surface area contributed by atoms with Gasteiger partial charge in [-0.1, -0.05) is 12.1 Å². The van der Waals surface area contributed by atoms with E-state index in [1.807, 2.05) is 6.07 Å². The van der Waals surface area contributed by atoms with Gasteiger partial charge in [-0.05, 0) is 48.4 Å². The molecule has 1 aliphatic carbocycles. The summed E-state index contributed by atoms with van der Waals surface area (Å²) in [7, 11) is 1.42. The molecule has 0 aliphatic heterocycles. The summed E-state index contributed by atoms with van der Waals surface area (Å²) in [5.74, 6) is 0.0571. The fraction of sp³-hybridized carbons (Fsp3) is 0.400. The smallest absolute Gasteiger partial charge is 0.309 e. The van der Waals surface area contributed by atoms with Gasteiger partial charge in [0.25, 0.3) is 0 Å². The zero-order valence-corrected chi connectivity index (χ0v) is 10.6. The van der Waals surface area contributed by atoms with Crippen molar-refractivity contribution in [1.29, 1.82) is 0 Å². The normalized spacial score (nSPS) is 17.9. The Morgan fingerprint density at radius 3 is 3.00 bits per heavy atom. The molecule has 1 aliphatic rings. The maximum absolute atomic E-state index is 11.5. The lowest BCUT2D eigenvalue weighted by atomic mass is 9.82. The summed E-state index contributed by atoms with van der Waals surface area (Å²) in [6, 6.07) is 3.81. The van der Waals surface area contributed by atoms with E-state index in [9.17, 15) is 9.90 Å². The van der Waals surface area contributed by atoms with Crippen LogP contribution >= 0.6 is 0 Å². The monoisotopic (exact) mass is 246 g/mol. The fourth-order valence-electron chi connectivity index (χ4n) is 2.53. The Labute approximate surface area is 107 Å². The fourth-order valence-corrected chi connectivity index (χ4v) is 2.53. The van der Waals surface area contributed by atoms with Crippen molar-refractivity contribution in [3.8, 4) is 5.75 Å². The lowest BCUT2D eigenvalue weighted by Crippen LogP contribution is -2.23. The van der Waals surface area contributed by atoms with E-state index in [-0.39, 0.29) is 11.9 Å². The van der Waals surface area contributed by atoms with E-state index >= 15 is 0 Å². The van der Waals surface area contributed by atoms with Crippen molar-refractivity contribution in [3.63, 3.8) is 0 Å².